The number of aryl methyl sites for hydroxylation is 1. The maximum atomic E-state index is 14.2. The van der Waals surface area contributed by atoms with Gasteiger partial charge in [0.2, 0.25) is 15.9 Å². The van der Waals surface area contributed by atoms with Crippen LogP contribution in [0.1, 0.15) is 16.7 Å². The topological polar surface area (TPSA) is 57.7 Å². The molecule has 0 saturated carbocycles. The van der Waals surface area contributed by atoms with Crippen LogP contribution in [0.5, 0.6) is 0 Å². The van der Waals surface area contributed by atoms with Crippen LogP contribution >= 0.6 is 0 Å². The highest BCUT2D eigenvalue weighted by Crippen LogP contribution is 2.33. The van der Waals surface area contributed by atoms with E-state index in [0.29, 0.717) is 5.56 Å². The van der Waals surface area contributed by atoms with Crippen molar-refractivity contribution in [1.29, 1.82) is 0 Å². The molecular formula is C23H21FN2O3S. The lowest BCUT2D eigenvalue weighted by molar-refractivity contribution is -0.119. The third-order valence-electron chi connectivity index (χ3n) is 5.28. The highest BCUT2D eigenvalue weighted by molar-refractivity contribution is 7.89. The molecule has 154 valence electrons. The molecule has 1 heterocycles. The average Bonchev–Trinajstić information content (AvgIpc) is 2.80. The normalized spacial score (nSPS) is 16.2. The summed E-state index contributed by atoms with van der Waals surface area (Å²) >= 11 is 0. The fourth-order valence-corrected chi connectivity index (χ4v) is 5.14. The summed E-state index contributed by atoms with van der Waals surface area (Å²) in [5.41, 5.74) is 2.36. The first-order valence-corrected chi connectivity index (χ1v) is 11.0. The Hall–Kier alpha value is -3.03. The predicted octanol–water partition coefficient (Wildman–Crippen LogP) is 3.87. The first-order chi connectivity index (χ1) is 14.4. The van der Waals surface area contributed by atoms with Crippen LogP contribution in [0.2, 0.25) is 0 Å². The third kappa shape index (κ3) is 3.74. The van der Waals surface area contributed by atoms with E-state index in [1.54, 1.807) is 36.4 Å². The van der Waals surface area contributed by atoms with Crippen LogP contribution in [-0.4, -0.2) is 25.2 Å². The number of rotatable bonds is 4. The van der Waals surface area contributed by atoms with Crippen LogP contribution in [-0.2, 0) is 27.9 Å². The van der Waals surface area contributed by atoms with Crippen LogP contribution in [0.4, 0.5) is 10.1 Å². The van der Waals surface area contributed by atoms with Gasteiger partial charge in [0.15, 0.2) is 0 Å². The first kappa shape index (κ1) is 20.3. The second-order valence-electron chi connectivity index (χ2n) is 7.24. The standard InChI is InChI=1S/C23H21FN2O3S/c1-17-8-2-3-9-18(17)14-25-16-23(27)26(15-19-10-4-5-11-20(19)24)21-12-6-7-13-22(21)30(25,28)29/h2-13H,14-16H2,1H3. The number of hydrogen-bond donors (Lipinski definition) is 0. The Labute approximate surface area is 175 Å². The molecular weight excluding hydrogens is 403 g/mol. The summed E-state index contributed by atoms with van der Waals surface area (Å²) in [6, 6.07) is 20.0. The quantitative estimate of drug-likeness (QED) is 0.639. The molecule has 0 saturated heterocycles. The predicted molar refractivity (Wildman–Crippen MR) is 113 cm³/mol. The molecule has 0 aliphatic carbocycles. The molecule has 0 radical (unpaired) electrons. The maximum Gasteiger partial charge on any atom is 0.245 e. The minimum absolute atomic E-state index is 0.0424. The summed E-state index contributed by atoms with van der Waals surface area (Å²) in [5, 5.41) is 0. The average molecular weight is 424 g/mol. The van der Waals surface area contributed by atoms with Gasteiger partial charge in [0.1, 0.15) is 10.7 Å². The Morgan fingerprint density at radius 1 is 0.867 bits per heavy atom. The van der Waals surface area contributed by atoms with Crippen molar-refractivity contribution >= 4 is 21.6 Å². The molecule has 0 spiro atoms. The van der Waals surface area contributed by atoms with Gasteiger partial charge in [0, 0.05) is 12.1 Å². The van der Waals surface area contributed by atoms with E-state index in [0.717, 1.165) is 11.1 Å². The molecule has 4 rings (SSSR count). The van der Waals surface area contributed by atoms with Gasteiger partial charge in [-0.15, -0.1) is 0 Å². The number of carbonyl (C=O) groups excluding carboxylic acids is 1. The van der Waals surface area contributed by atoms with E-state index in [1.165, 1.54) is 21.3 Å². The van der Waals surface area contributed by atoms with Crippen LogP contribution in [0, 0.1) is 12.7 Å². The largest absolute Gasteiger partial charge is 0.305 e. The van der Waals surface area contributed by atoms with E-state index in [4.69, 9.17) is 0 Å². The summed E-state index contributed by atoms with van der Waals surface area (Å²) in [5.74, 6) is -0.841. The number of halogens is 1. The van der Waals surface area contributed by atoms with Crippen molar-refractivity contribution in [2.24, 2.45) is 0 Å². The van der Waals surface area contributed by atoms with E-state index in [-0.39, 0.29) is 30.2 Å². The van der Waals surface area contributed by atoms with Crippen molar-refractivity contribution in [3.8, 4) is 0 Å². The molecule has 1 amide bonds. The smallest absolute Gasteiger partial charge is 0.245 e. The van der Waals surface area contributed by atoms with Crippen LogP contribution in [0.25, 0.3) is 0 Å². The Bertz CT molecular complexity index is 1210. The molecule has 1 aliphatic rings. The van der Waals surface area contributed by atoms with E-state index in [2.05, 4.69) is 0 Å². The number of sulfonamides is 1. The van der Waals surface area contributed by atoms with Crippen molar-refractivity contribution in [3.05, 3.63) is 95.3 Å². The summed E-state index contributed by atoms with van der Waals surface area (Å²) in [6.45, 7) is 1.62. The van der Waals surface area contributed by atoms with Crippen molar-refractivity contribution < 1.29 is 17.6 Å². The van der Waals surface area contributed by atoms with E-state index >= 15 is 0 Å². The van der Waals surface area contributed by atoms with Gasteiger partial charge in [-0.05, 0) is 36.2 Å². The third-order valence-corrected chi connectivity index (χ3v) is 7.12. The van der Waals surface area contributed by atoms with Crippen molar-refractivity contribution in [2.75, 3.05) is 11.4 Å². The van der Waals surface area contributed by atoms with Gasteiger partial charge >= 0.3 is 0 Å². The highest BCUT2D eigenvalue weighted by Gasteiger charge is 2.36. The lowest BCUT2D eigenvalue weighted by Gasteiger charge is -2.22. The van der Waals surface area contributed by atoms with Gasteiger partial charge in [-0.1, -0.05) is 54.6 Å². The van der Waals surface area contributed by atoms with Crippen molar-refractivity contribution in [2.45, 2.75) is 24.9 Å². The van der Waals surface area contributed by atoms with E-state index in [1.807, 2.05) is 31.2 Å². The minimum atomic E-state index is -3.93. The van der Waals surface area contributed by atoms with Gasteiger partial charge in [-0.2, -0.15) is 4.31 Å². The van der Waals surface area contributed by atoms with Crippen LogP contribution in [0.15, 0.2) is 77.7 Å². The monoisotopic (exact) mass is 424 g/mol. The van der Waals surface area contributed by atoms with Crippen LogP contribution in [0.3, 0.4) is 0 Å². The first-order valence-electron chi connectivity index (χ1n) is 9.55. The molecule has 0 fully saturated rings. The molecule has 0 N–H and O–H groups in total. The van der Waals surface area contributed by atoms with E-state index < -0.39 is 21.7 Å². The number of carbonyl (C=O) groups is 1. The summed E-state index contributed by atoms with van der Waals surface area (Å²) in [7, 11) is -3.93. The zero-order chi connectivity index (χ0) is 21.3. The molecule has 3 aromatic rings. The number of amides is 1. The number of anilines is 1. The number of benzene rings is 3. The summed E-state index contributed by atoms with van der Waals surface area (Å²) in [4.78, 5) is 14.6. The molecule has 0 bridgehead atoms. The molecule has 5 nitrogen and oxygen atoms in total. The van der Waals surface area contributed by atoms with Crippen LogP contribution < -0.4 is 4.90 Å². The fraction of sp³-hybridized carbons (Fsp3) is 0.174. The molecule has 0 atom stereocenters. The Morgan fingerprint density at radius 3 is 2.23 bits per heavy atom. The van der Waals surface area contributed by atoms with Crippen molar-refractivity contribution in [3.63, 3.8) is 0 Å². The highest BCUT2D eigenvalue weighted by atomic mass is 32.2. The zero-order valence-corrected chi connectivity index (χ0v) is 17.3. The minimum Gasteiger partial charge on any atom is -0.305 e. The molecule has 7 heteroatoms. The SMILES string of the molecule is Cc1ccccc1CN1CC(=O)N(Cc2ccccc2F)c2ccccc2S1(=O)=O. The Kier molecular flexibility index (Phi) is 5.40. The second kappa shape index (κ2) is 8.01. The Morgan fingerprint density at radius 2 is 1.50 bits per heavy atom. The molecule has 3 aromatic carbocycles. The zero-order valence-electron chi connectivity index (χ0n) is 16.5. The molecule has 0 unspecified atom stereocenters. The number of para-hydroxylation sites is 1. The molecule has 0 aromatic heterocycles. The van der Waals surface area contributed by atoms with Crippen molar-refractivity contribution in [1.82, 2.24) is 4.31 Å². The number of fused-ring (bicyclic) bond motifs is 1. The number of nitrogens with zero attached hydrogens (tertiary/aromatic N) is 2. The van der Waals surface area contributed by atoms with Gasteiger partial charge in [-0.3, -0.25) is 4.79 Å². The maximum absolute atomic E-state index is 14.2. The van der Waals surface area contributed by atoms with Gasteiger partial charge < -0.3 is 4.90 Å². The lowest BCUT2D eigenvalue weighted by atomic mass is 10.1. The number of hydrogen-bond acceptors (Lipinski definition) is 3. The molecule has 1 aliphatic heterocycles. The fourth-order valence-electron chi connectivity index (χ4n) is 3.58. The Balaban J connectivity index is 1.78. The molecule has 30 heavy (non-hydrogen) atoms. The second-order valence-corrected chi connectivity index (χ2v) is 9.14. The van der Waals surface area contributed by atoms with E-state index in [9.17, 15) is 17.6 Å². The van der Waals surface area contributed by atoms with Gasteiger partial charge in [0.05, 0.1) is 18.8 Å². The summed E-state index contributed by atoms with van der Waals surface area (Å²) in [6.07, 6.45) is 0. The van der Waals surface area contributed by atoms with Gasteiger partial charge in [0.25, 0.3) is 0 Å². The van der Waals surface area contributed by atoms with Gasteiger partial charge in [-0.25, -0.2) is 12.8 Å². The summed E-state index contributed by atoms with van der Waals surface area (Å²) < 4.78 is 42.3. The lowest BCUT2D eigenvalue weighted by Crippen LogP contribution is -2.39.